The summed E-state index contributed by atoms with van der Waals surface area (Å²) in [5, 5.41) is 0. The van der Waals surface area contributed by atoms with Crippen molar-refractivity contribution in [1.29, 1.82) is 0 Å². The van der Waals surface area contributed by atoms with Gasteiger partial charge in [-0.25, -0.2) is 0 Å². The average Bonchev–Trinajstić information content (AvgIpc) is 2.84. The first-order valence-corrected chi connectivity index (χ1v) is 10.2. The third-order valence-corrected chi connectivity index (χ3v) is 6.95. The number of rotatable bonds is 3. The lowest BCUT2D eigenvalue weighted by atomic mass is 9.96. The molecule has 4 rings (SSSR count). The highest BCUT2D eigenvalue weighted by atomic mass is 32.2. The first-order chi connectivity index (χ1) is 12.7. The number of quaternary nitrogens is 2. The third-order valence-electron chi connectivity index (χ3n) is 5.74. The predicted molar refractivity (Wildman–Crippen MR) is 104 cm³/mol. The van der Waals surface area contributed by atoms with E-state index in [9.17, 15) is 0 Å². The van der Waals surface area contributed by atoms with E-state index >= 15 is 0 Å². The summed E-state index contributed by atoms with van der Waals surface area (Å²) in [7, 11) is 5.81. The van der Waals surface area contributed by atoms with Crippen molar-refractivity contribution in [1.82, 2.24) is 0 Å². The van der Waals surface area contributed by atoms with E-state index in [0.29, 0.717) is 6.04 Å². The van der Waals surface area contributed by atoms with E-state index in [2.05, 4.69) is 43.4 Å². The van der Waals surface area contributed by atoms with Gasteiger partial charge in [0.25, 0.3) is 0 Å². The summed E-state index contributed by atoms with van der Waals surface area (Å²) in [6.07, 6.45) is 1.05. The number of fused-ring (bicyclic) bond motifs is 2. The fraction of sp³-hybridized carbons (Fsp3) is 0.429. The van der Waals surface area contributed by atoms with E-state index in [-0.39, 0.29) is 0 Å². The molecule has 0 aliphatic carbocycles. The Balaban J connectivity index is 1.76. The Morgan fingerprint density at radius 3 is 2.23 bits per heavy atom. The van der Waals surface area contributed by atoms with Crippen molar-refractivity contribution >= 4 is 11.8 Å². The molecule has 5 heteroatoms. The van der Waals surface area contributed by atoms with Gasteiger partial charge in [0.05, 0.1) is 21.3 Å². The van der Waals surface area contributed by atoms with Crippen LogP contribution in [0.3, 0.4) is 0 Å². The molecule has 0 bridgehead atoms. The Morgan fingerprint density at radius 2 is 1.54 bits per heavy atom. The van der Waals surface area contributed by atoms with Crippen LogP contribution in [0.25, 0.3) is 0 Å². The molecule has 2 heterocycles. The first-order valence-electron chi connectivity index (χ1n) is 9.36. The quantitative estimate of drug-likeness (QED) is 0.837. The van der Waals surface area contributed by atoms with Gasteiger partial charge in [-0.15, -0.1) is 0 Å². The topological polar surface area (TPSA) is 27.3 Å². The van der Waals surface area contributed by atoms with Crippen LogP contribution in [0.1, 0.15) is 17.2 Å². The van der Waals surface area contributed by atoms with E-state index in [1.807, 2.05) is 11.8 Å². The van der Waals surface area contributed by atoms with Crippen LogP contribution < -0.4 is 19.3 Å². The zero-order valence-electron chi connectivity index (χ0n) is 15.8. The normalized spacial score (nSPS) is 25.0. The summed E-state index contributed by atoms with van der Waals surface area (Å²) in [5.41, 5.74) is 2.83. The van der Waals surface area contributed by atoms with E-state index in [1.165, 1.54) is 47.1 Å². The molecule has 1 fully saturated rings. The van der Waals surface area contributed by atoms with Gasteiger partial charge in [-0.2, -0.15) is 0 Å². The summed E-state index contributed by atoms with van der Waals surface area (Å²) in [4.78, 5) is 6.04. The van der Waals surface area contributed by atoms with Crippen LogP contribution in [0, 0.1) is 0 Å². The maximum absolute atomic E-state index is 5.54. The van der Waals surface area contributed by atoms with Gasteiger partial charge in [0.2, 0.25) is 0 Å². The van der Waals surface area contributed by atoms with Crippen LogP contribution in [0.15, 0.2) is 46.2 Å². The fourth-order valence-electron chi connectivity index (χ4n) is 4.12. The van der Waals surface area contributed by atoms with Crippen LogP contribution in [0.4, 0.5) is 0 Å². The molecule has 138 valence electrons. The molecule has 2 aromatic rings. The number of piperazine rings is 1. The summed E-state index contributed by atoms with van der Waals surface area (Å²) in [6.45, 7) is 4.92. The Hall–Kier alpha value is -1.69. The standard InChI is InChI=1S/C21H26N2O2S/c1-22-8-10-23(11-9-22)19-13-15-12-16(24-2)4-6-20(15)26-21-7-5-17(25-3)14-18(19)21/h4-7,12,14,19H,8-11,13H2,1-3H3/p+2/t19-/m0/s1. The highest BCUT2D eigenvalue weighted by Gasteiger charge is 2.34. The van der Waals surface area contributed by atoms with Gasteiger partial charge in [0.1, 0.15) is 43.7 Å². The average molecular weight is 373 g/mol. The Morgan fingerprint density at radius 1 is 0.885 bits per heavy atom. The van der Waals surface area contributed by atoms with E-state index in [4.69, 9.17) is 9.47 Å². The molecule has 4 nitrogen and oxygen atoms in total. The SMILES string of the molecule is COc1ccc2c(c1)C[C@H]([NH+]1CC[NH+](C)CC1)c1cc(OC)ccc1S2. The van der Waals surface area contributed by atoms with Gasteiger partial charge >= 0.3 is 0 Å². The monoisotopic (exact) mass is 372 g/mol. The molecule has 2 N–H and O–H groups in total. The highest BCUT2D eigenvalue weighted by Crippen LogP contribution is 2.42. The maximum atomic E-state index is 5.54. The number of methoxy groups -OCH3 is 2. The molecule has 0 aromatic heterocycles. The van der Waals surface area contributed by atoms with Crippen LogP contribution in [-0.2, 0) is 6.42 Å². The van der Waals surface area contributed by atoms with Gasteiger partial charge in [-0.05, 0) is 42.0 Å². The Kier molecular flexibility index (Phi) is 5.11. The highest BCUT2D eigenvalue weighted by molar-refractivity contribution is 7.99. The van der Waals surface area contributed by atoms with Gasteiger partial charge in [-0.1, -0.05) is 11.8 Å². The molecule has 1 atom stereocenters. The van der Waals surface area contributed by atoms with Gasteiger partial charge in [0.15, 0.2) is 0 Å². The van der Waals surface area contributed by atoms with Crippen molar-refractivity contribution in [2.45, 2.75) is 22.3 Å². The fourth-order valence-corrected chi connectivity index (χ4v) is 5.22. The number of hydrogen-bond donors (Lipinski definition) is 2. The minimum absolute atomic E-state index is 0.467. The smallest absolute Gasteiger partial charge is 0.127 e. The second kappa shape index (κ2) is 7.51. The van der Waals surface area contributed by atoms with Crippen molar-refractivity contribution in [3.05, 3.63) is 47.5 Å². The van der Waals surface area contributed by atoms with Crippen molar-refractivity contribution in [3.8, 4) is 11.5 Å². The number of nitrogens with one attached hydrogen (secondary N) is 2. The molecule has 2 aliphatic rings. The van der Waals surface area contributed by atoms with Gasteiger partial charge < -0.3 is 19.3 Å². The second-order valence-electron chi connectivity index (χ2n) is 7.35. The molecule has 1 saturated heterocycles. The third kappa shape index (κ3) is 3.43. The molecule has 0 radical (unpaired) electrons. The number of hydrogen-bond acceptors (Lipinski definition) is 3. The molecule has 26 heavy (non-hydrogen) atoms. The van der Waals surface area contributed by atoms with Crippen LogP contribution >= 0.6 is 11.8 Å². The molecule has 0 spiro atoms. The predicted octanol–water partition coefficient (Wildman–Crippen LogP) is 0.865. The van der Waals surface area contributed by atoms with Crippen LogP contribution in [0.5, 0.6) is 11.5 Å². The van der Waals surface area contributed by atoms with Crippen molar-refractivity contribution < 1.29 is 19.3 Å². The number of benzene rings is 2. The van der Waals surface area contributed by atoms with Crippen molar-refractivity contribution in [2.75, 3.05) is 47.4 Å². The van der Waals surface area contributed by atoms with Crippen LogP contribution in [0.2, 0.25) is 0 Å². The van der Waals surface area contributed by atoms with E-state index in [1.54, 1.807) is 24.0 Å². The largest absolute Gasteiger partial charge is 0.497 e. The lowest BCUT2D eigenvalue weighted by molar-refractivity contribution is -1.02. The summed E-state index contributed by atoms with van der Waals surface area (Å²) in [5.74, 6) is 1.90. The Labute approximate surface area is 160 Å². The van der Waals surface area contributed by atoms with E-state index in [0.717, 1.165) is 17.9 Å². The van der Waals surface area contributed by atoms with Crippen LogP contribution in [-0.4, -0.2) is 47.4 Å². The summed E-state index contributed by atoms with van der Waals surface area (Å²) >= 11 is 1.88. The molecule has 2 aliphatic heterocycles. The lowest BCUT2D eigenvalue weighted by Gasteiger charge is -2.33. The van der Waals surface area contributed by atoms with Gasteiger partial charge in [-0.3, -0.25) is 0 Å². The first kappa shape index (κ1) is 17.7. The molecule has 0 saturated carbocycles. The minimum atomic E-state index is 0.467. The minimum Gasteiger partial charge on any atom is -0.497 e. The van der Waals surface area contributed by atoms with Crippen molar-refractivity contribution in [2.24, 2.45) is 0 Å². The van der Waals surface area contributed by atoms with Crippen molar-refractivity contribution in [3.63, 3.8) is 0 Å². The molecular weight excluding hydrogens is 344 g/mol. The Bertz CT molecular complexity index is 788. The van der Waals surface area contributed by atoms with Gasteiger partial charge in [0, 0.05) is 21.8 Å². The summed E-state index contributed by atoms with van der Waals surface area (Å²) in [6, 6.07) is 13.5. The molecule has 0 unspecified atom stereocenters. The maximum Gasteiger partial charge on any atom is 0.127 e. The molecule has 0 amide bonds. The van der Waals surface area contributed by atoms with E-state index < -0.39 is 0 Å². The summed E-state index contributed by atoms with van der Waals surface area (Å²) < 4.78 is 11.0. The second-order valence-corrected chi connectivity index (χ2v) is 8.44. The zero-order valence-corrected chi connectivity index (χ0v) is 16.6. The number of likely N-dealkylation sites (N-methyl/N-ethyl adjacent to an activating group) is 1. The molecular formula is C21H28N2O2S+2. The zero-order chi connectivity index (χ0) is 18.1. The molecule has 2 aromatic carbocycles. The number of ether oxygens (including phenoxy) is 2. The lowest BCUT2D eigenvalue weighted by Crippen LogP contribution is -3.27.